The summed E-state index contributed by atoms with van der Waals surface area (Å²) in [5, 5.41) is 8.91. The van der Waals surface area contributed by atoms with Gasteiger partial charge in [0.05, 0.1) is 30.6 Å². The van der Waals surface area contributed by atoms with E-state index in [1.807, 2.05) is 0 Å². The van der Waals surface area contributed by atoms with E-state index in [9.17, 15) is 4.79 Å². The normalized spacial score (nSPS) is 26.4. The van der Waals surface area contributed by atoms with Gasteiger partial charge in [-0.3, -0.25) is 4.90 Å². The molecule has 3 aliphatic rings. The van der Waals surface area contributed by atoms with Crippen molar-refractivity contribution in [3.05, 3.63) is 24.0 Å². The number of rotatable bonds is 9. The van der Waals surface area contributed by atoms with Gasteiger partial charge in [0.2, 0.25) is 8.32 Å². The molecule has 34 heavy (non-hydrogen) atoms. The molecule has 1 aromatic rings. The fraction of sp³-hybridized carbons (Fsp3) is 0.692. The Kier molecular flexibility index (Phi) is 6.98. The summed E-state index contributed by atoms with van der Waals surface area (Å²) in [5.41, 5.74) is 2.44. The molecule has 3 fully saturated rings. The van der Waals surface area contributed by atoms with Crippen molar-refractivity contribution in [1.82, 2.24) is 0 Å². The quantitative estimate of drug-likeness (QED) is 0.403. The Hall–Kier alpha value is -2.11. The highest BCUT2D eigenvalue weighted by molar-refractivity contribution is 6.77. The largest absolute Gasteiger partial charge is 0.442 e. The van der Waals surface area contributed by atoms with Gasteiger partial charge in [-0.2, -0.15) is 5.26 Å². The molecule has 0 aromatic heterocycles. The molecule has 0 bridgehead atoms. The average Bonchev–Trinajstić information content (AvgIpc) is 3.09. The lowest BCUT2D eigenvalue weighted by Gasteiger charge is -2.42. The van der Waals surface area contributed by atoms with Crippen LogP contribution in [0.1, 0.15) is 48.0 Å². The van der Waals surface area contributed by atoms with E-state index < -0.39 is 14.4 Å². The Morgan fingerprint density at radius 1 is 1.12 bits per heavy atom. The molecule has 6 nitrogen and oxygen atoms in total. The van der Waals surface area contributed by atoms with Gasteiger partial charge in [0.25, 0.3) is 0 Å². The van der Waals surface area contributed by atoms with E-state index in [1.54, 1.807) is 12.1 Å². The molecule has 1 amide bonds. The first kappa shape index (κ1) is 25.0. The fourth-order valence-corrected chi connectivity index (χ4v) is 12.2. The molecule has 2 saturated heterocycles. The van der Waals surface area contributed by atoms with E-state index in [2.05, 4.69) is 52.5 Å². The summed E-state index contributed by atoms with van der Waals surface area (Å²) in [5.74, 6) is 1.16. The lowest BCUT2D eigenvalue weighted by molar-refractivity contribution is 0.0979. The number of hydrogen-bond donors (Lipinski definition) is 0. The number of cyclic esters (lactones) is 1. The van der Waals surface area contributed by atoms with Crippen molar-refractivity contribution in [2.24, 2.45) is 17.8 Å². The molecule has 1 saturated carbocycles. The maximum atomic E-state index is 15.0. The number of fused-ring (bicyclic) bond motifs is 1. The minimum absolute atomic E-state index is 0.325. The van der Waals surface area contributed by atoms with E-state index in [0.717, 1.165) is 13.1 Å². The van der Waals surface area contributed by atoms with Gasteiger partial charge in [-0.05, 0) is 52.6 Å². The molecule has 1 aromatic carbocycles. The maximum absolute atomic E-state index is 15.0. The van der Waals surface area contributed by atoms with Crippen LogP contribution in [0.5, 0.6) is 0 Å². The van der Waals surface area contributed by atoms with Crippen LogP contribution in [0, 0.1) is 34.9 Å². The van der Waals surface area contributed by atoms with Crippen LogP contribution in [0.2, 0.25) is 16.6 Å². The molecule has 0 radical (unpaired) electrons. The molecule has 0 N–H and O–H groups in total. The monoisotopic (exact) mass is 487 g/mol. The smallest absolute Gasteiger partial charge is 0.414 e. The number of ether oxygens (including phenoxy) is 1. The predicted octanol–water partition coefficient (Wildman–Crippen LogP) is 5.94. The lowest BCUT2D eigenvalue weighted by atomic mass is 10.2. The first-order chi connectivity index (χ1) is 16.1. The van der Waals surface area contributed by atoms with Gasteiger partial charge < -0.3 is 14.1 Å². The lowest BCUT2D eigenvalue weighted by Crippen LogP contribution is -2.49. The molecule has 2 heterocycles. The van der Waals surface area contributed by atoms with Gasteiger partial charge in [0.15, 0.2) is 0 Å². The second kappa shape index (κ2) is 9.50. The number of nitriles is 1. The predicted molar refractivity (Wildman–Crippen MR) is 134 cm³/mol. The molecule has 1 unspecified atom stereocenters. The van der Waals surface area contributed by atoms with E-state index >= 15 is 4.39 Å². The Morgan fingerprint density at radius 3 is 2.26 bits per heavy atom. The zero-order valence-electron chi connectivity index (χ0n) is 21.3. The van der Waals surface area contributed by atoms with Gasteiger partial charge >= 0.3 is 6.09 Å². The van der Waals surface area contributed by atoms with Crippen molar-refractivity contribution < 1.29 is 18.3 Å². The second-order valence-electron chi connectivity index (χ2n) is 11.1. The summed E-state index contributed by atoms with van der Waals surface area (Å²) in [6, 6.07) is 7.26. The number of hydrogen-bond acceptors (Lipinski definition) is 5. The van der Waals surface area contributed by atoms with Crippen LogP contribution in [-0.4, -0.2) is 46.8 Å². The highest BCUT2D eigenvalue weighted by atomic mass is 28.4. The number of carbonyl (C=O) groups excluding carboxylic acids is 1. The van der Waals surface area contributed by atoms with Gasteiger partial charge in [-0.15, -0.1) is 0 Å². The topological polar surface area (TPSA) is 65.8 Å². The number of halogens is 1. The Labute approximate surface area is 204 Å². The van der Waals surface area contributed by atoms with E-state index in [0.29, 0.717) is 65.3 Å². The molecular weight excluding hydrogens is 449 g/mol. The molecule has 4 atom stereocenters. The van der Waals surface area contributed by atoms with Crippen LogP contribution in [0.4, 0.5) is 20.6 Å². The molecule has 186 valence electrons. The second-order valence-corrected chi connectivity index (χ2v) is 16.6. The number of piperidine rings is 1. The van der Waals surface area contributed by atoms with Crippen LogP contribution in [0.25, 0.3) is 0 Å². The molecule has 1 aliphatic carbocycles. The standard InChI is InChI=1S/C26H38FN3O3Si/c1-16(2)34(17(3)4,18(5)6)32-15-20-12-30(26(31)33-20)19-7-8-25(24(27)11-19)29-13-22-21(9-10-28)23(22)14-29/h7-8,11,16-18,20-23H,9,12-15H2,1-6H3/t20-,21?,22-,23+/m1/s1. The first-order valence-electron chi connectivity index (χ1n) is 12.6. The average molecular weight is 488 g/mol. The molecule has 0 spiro atoms. The van der Waals surface area contributed by atoms with E-state index in [1.165, 1.54) is 11.0 Å². The summed E-state index contributed by atoms with van der Waals surface area (Å²) < 4.78 is 27.3. The third kappa shape index (κ3) is 4.33. The summed E-state index contributed by atoms with van der Waals surface area (Å²) >= 11 is 0. The SMILES string of the molecule is CC(C)[Si](OC[C@H]1CN(c2ccc(N3C[C@@H]4C(CC#N)[C@@H]4C3)c(F)c2)C(=O)O1)(C(C)C)C(C)C. The van der Waals surface area contributed by atoms with Crippen LogP contribution >= 0.6 is 0 Å². The van der Waals surface area contributed by atoms with Gasteiger partial charge in [0.1, 0.15) is 11.9 Å². The minimum atomic E-state index is -2.06. The van der Waals surface area contributed by atoms with Crippen molar-refractivity contribution in [1.29, 1.82) is 5.26 Å². The number of carbonyl (C=O) groups is 1. The van der Waals surface area contributed by atoms with Crippen molar-refractivity contribution >= 4 is 25.8 Å². The van der Waals surface area contributed by atoms with Gasteiger partial charge in [-0.25, -0.2) is 9.18 Å². The first-order valence-corrected chi connectivity index (χ1v) is 14.8. The fourth-order valence-electron chi connectivity index (χ4n) is 6.73. The number of amides is 1. The zero-order chi connectivity index (χ0) is 24.8. The van der Waals surface area contributed by atoms with Gasteiger partial charge in [-0.1, -0.05) is 41.5 Å². The molecule has 4 rings (SSSR count). The number of nitrogens with zero attached hydrogens (tertiary/aromatic N) is 3. The molecule has 2 aliphatic heterocycles. The number of anilines is 2. The Morgan fingerprint density at radius 2 is 1.74 bits per heavy atom. The summed E-state index contributed by atoms with van der Waals surface area (Å²) in [7, 11) is -2.06. The minimum Gasteiger partial charge on any atom is -0.442 e. The van der Waals surface area contributed by atoms with Crippen LogP contribution in [0.3, 0.4) is 0 Å². The van der Waals surface area contributed by atoms with Crippen LogP contribution in [-0.2, 0) is 9.16 Å². The highest BCUT2D eigenvalue weighted by Crippen LogP contribution is 2.54. The van der Waals surface area contributed by atoms with Crippen molar-refractivity contribution in [3.63, 3.8) is 0 Å². The van der Waals surface area contributed by atoms with Crippen molar-refractivity contribution in [3.8, 4) is 6.07 Å². The summed E-state index contributed by atoms with van der Waals surface area (Å²) in [6.45, 7) is 15.7. The number of benzene rings is 1. The van der Waals surface area contributed by atoms with E-state index in [4.69, 9.17) is 14.4 Å². The van der Waals surface area contributed by atoms with Crippen molar-refractivity contribution in [2.75, 3.05) is 36.0 Å². The van der Waals surface area contributed by atoms with E-state index in [-0.39, 0.29) is 11.9 Å². The van der Waals surface area contributed by atoms with Crippen LogP contribution in [0.15, 0.2) is 18.2 Å². The Bertz CT molecular complexity index is 929. The summed E-state index contributed by atoms with van der Waals surface area (Å²) in [4.78, 5) is 16.2. The summed E-state index contributed by atoms with van der Waals surface area (Å²) in [6.07, 6.45) is -0.212. The Balaban J connectivity index is 1.39. The van der Waals surface area contributed by atoms with Gasteiger partial charge in [0, 0.05) is 19.5 Å². The van der Waals surface area contributed by atoms with Crippen molar-refractivity contribution in [2.45, 2.75) is 70.7 Å². The zero-order valence-corrected chi connectivity index (χ0v) is 22.3. The third-order valence-corrected chi connectivity index (χ3v) is 14.5. The highest BCUT2D eigenvalue weighted by Gasteiger charge is 2.55. The maximum Gasteiger partial charge on any atom is 0.414 e. The third-order valence-electron chi connectivity index (χ3n) is 8.38. The molecular formula is C26H38FN3O3Si. The molecule has 8 heteroatoms. The van der Waals surface area contributed by atoms with Crippen LogP contribution < -0.4 is 9.80 Å².